The van der Waals surface area contributed by atoms with Gasteiger partial charge in [-0.15, -0.1) is 0 Å². The first kappa shape index (κ1) is 12.5. The molecular formula is C12H23N5. The van der Waals surface area contributed by atoms with Crippen molar-refractivity contribution in [2.45, 2.75) is 13.5 Å². The van der Waals surface area contributed by atoms with Gasteiger partial charge in [0, 0.05) is 57.1 Å². The summed E-state index contributed by atoms with van der Waals surface area (Å²) in [5, 5.41) is 10.4. The molecule has 0 unspecified atom stereocenters. The standard InChI is InChI=1S/C12H23N5/c1-11-12(10-14-15-11)9-13-3-4-17-7-5-16(2)6-8-17/h10,13H,3-9H2,1-2H3,(H,14,15). The third-order valence-corrected chi connectivity index (χ3v) is 3.45. The van der Waals surface area contributed by atoms with Crippen LogP contribution in [0.5, 0.6) is 0 Å². The maximum absolute atomic E-state index is 4.02. The van der Waals surface area contributed by atoms with E-state index in [1.807, 2.05) is 6.20 Å². The van der Waals surface area contributed by atoms with E-state index in [-0.39, 0.29) is 0 Å². The fraction of sp³-hybridized carbons (Fsp3) is 0.750. The minimum Gasteiger partial charge on any atom is -0.311 e. The molecule has 0 spiro atoms. The molecule has 2 heterocycles. The van der Waals surface area contributed by atoms with E-state index in [9.17, 15) is 0 Å². The Labute approximate surface area is 103 Å². The Morgan fingerprint density at radius 1 is 1.35 bits per heavy atom. The van der Waals surface area contributed by atoms with Crippen LogP contribution in [0.15, 0.2) is 6.20 Å². The Hall–Kier alpha value is -0.910. The average molecular weight is 237 g/mol. The highest BCUT2D eigenvalue weighted by Crippen LogP contribution is 2.01. The zero-order chi connectivity index (χ0) is 12.1. The van der Waals surface area contributed by atoms with Crippen molar-refractivity contribution in [1.29, 1.82) is 0 Å². The Kier molecular flexibility index (Phi) is 4.53. The van der Waals surface area contributed by atoms with E-state index in [4.69, 9.17) is 0 Å². The quantitative estimate of drug-likeness (QED) is 0.711. The summed E-state index contributed by atoms with van der Waals surface area (Å²) in [5.74, 6) is 0. The van der Waals surface area contributed by atoms with Gasteiger partial charge in [0.05, 0.1) is 6.20 Å². The lowest BCUT2D eigenvalue weighted by atomic mass is 10.2. The van der Waals surface area contributed by atoms with Crippen LogP contribution in [0.1, 0.15) is 11.3 Å². The molecule has 1 aliphatic heterocycles. The van der Waals surface area contributed by atoms with Crippen molar-refractivity contribution in [3.8, 4) is 0 Å². The molecule has 0 radical (unpaired) electrons. The van der Waals surface area contributed by atoms with Crippen LogP contribution in [0.3, 0.4) is 0 Å². The molecule has 1 aliphatic rings. The van der Waals surface area contributed by atoms with Crippen molar-refractivity contribution in [1.82, 2.24) is 25.3 Å². The Morgan fingerprint density at radius 3 is 2.76 bits per heavy atom. The van der Waals surface area contributed by atoms with Gasteiger partial charge in [-0.3, -0.25) is 10.00 Å². The van der Waals surface area contributed by atoms with Crippen LogP contribution in [0.25, 0.3) is 0 Å². The smallest absolute Gasteiger partial charge is 0.0535 e. The Balaban J connectivity index is 1.59. The molecule has 5 nitrogen and oxygen atoms in total. The third-order valence-electron chi connectivity index (χ3n) is 3.45. The summed E-state index contributed by atoms with van der Waals surface area (Å²) < 4.78 is 0. The van der Waals surface area contributed by atoms with Crippen LogP contribution < -0.4 is 5.32 Å². The first-order chi connectivity index (χ1) is 8.25. The number of hydrogen-bond acceptors (Lipinski definition) is 4. The van der Waals surface area contributed by atoms with Gasteiger partial charge in [0.2, 0.25) is 0 Å². The SMILES string of the molecule is Cc1[nH]ncc1CNCCN1CCN(C)CC1. The van der Waals surface area contributed by atoms with Gasteiger partial charge in [-0.25, -0.2) is 0 Å². The van der Waals surface area contributed by atoms with Gasteiger partial charge in [0.1, 0.15) is 0 Å². The van der Waals surface area contributed by atoms with Gasteiger partial charge in [-0.1, -0.05) is 0 Å². The highest BCUT2D eigenvalue weighted by atomic mass is 15.2. The molecule has 0 saturated carbocycles. The van der Waals surface area contributed by atoms with Gasteiger partial charge in [-0.2, -0.15) is 5.10 Å². The van der Waals surface area contributed by atoms with Crippen molar-refractivity contribution in [2.75, 3.05) is 46.3 Å². The summed E-state index contributed by atoms with van der Waals surface area (Å²) in [6.07, 6.45) is 1.90. The van der Waals surface area contributed by atoms with E-state index in [1.165, 1.54) is 31.7 Å². The van der Waals surface area contributed by atoms with Crippen molar-refractivity contribution in [2.24, 2.45) is 0 Å². The lowest BCUT2D eigenvalue weighted by Gasteiger charge is -2.32. The Bertz CT molecular complexity index is 327. The first-order valence-corrected chi connectivity index (χ1v) is 6.36. The topological polar surface area (TPSA) is 47.2 Å². The van der Waals surface area contributed by atoms with Gasteiger partial charge in [0.25, 0.3) is 0 Å². The summed E-state index contributed by atoms with van der Waals surface area (Å²) in [4.78, 5) is 4.91. The molecule has 1 aromatic rings. The molecule has 0 atom stereocenters. The summed E-state index contributed by atoms with van der Waals surface area (Å²) in [7, 11) is 2.19. The van der Waals surface area contributed by atoms with Gasteiger partial charge >= 0.3 is 0 Å². The number of aromatic amines is 1. The van der Waals surface area contributed by atoms with Crippen molar-refractivity contribution >= 4 is 0 Å². The van der Waals surface area contributed by atoms with E-state index >= 15 is 0 Å². The second kappa shape index (κ2) is 6.14. The largest absolute Gasteiger partial charge is 0.311 e. The van der Waals surface area contributed by atoms with E-state index in [1.54, 1.807) is 0 Å². The monoisotopic (exact) mass is 237 g/mol. The van der Waals surface area contributed by atoms with Crippen LogP contribution in [-0.2, 0) is 6.54 Å². The van der Waals surface area contributed by atoms with E-state index in [0.717, 1.165) is 25.3 Å². The third kappa shape index (κ3) is 3.80. The number of nitrogens with zero attached hydrogens (tertiary/aromatic N) is 3. The summed E-state index contributed by atoms with van der Waals surface area (Å²) in [6, 6.07) is 0. The minimum absolute atomic E-state index is 0.913. The van der Waals surface area contributed by atoms with Gasteiger partial charge < -0.3 is 10.2 Å². The fourth-order valence-electron chi connectivity index (χ4n) is 2.09. The summed E-state index contributed by atoms with van der Waals surface area (Å²) in [5.41, 5.74) is 2.43. The highest BCUT2D eigenvalue weighted by molar-refractivity contribution is 5.13. The lowest BCUT2D eigenvalue weighted by molar-refractivity contribution is 0.154. The average Bonchev–Trinajstić information content (AvgIpc) is 2.73. The predicted molar refractivity (Wildman–Crippen MR) is 69.0 cm³/mol. The van der Waals surface area contributed by atoms with E-state index in [2.05, 4.69) is 39.3 Å². The molecule has 0 bridgehead atoms. The molecule has 1 aromatic heterocycles. The number of aryl methyl sites for hydroxylation is 1. The Morgan fingerprint density at radius 2 is 2.12 bits per heavy atom. The number of nitrogens with one attached hydrogen (secondary N) is 2. The molecule has 5 heteroatoms. The molecule has 0 aliphatic carbocycles. The van der Waals surface area contributed by atoms with Crippen molar-refractivity contribution in [3.05, 3.63) is 17.5 Å². The normalized spacial score (nSPS) is 18.7. The number of H-pyrrole nitrogens is 1. The molecular weight excluding hydrogens is 214 g/mol. The molecule has 1 saturated heterocycles. The second-order valence-electron chi connectivity index (χ2n) is 4.84. The van der Waals surface area contributed by atoms with Crippen LogP contribution in [-0.4, -0.2) is 66.3 Å². The molecule has 0 aromatic carbocycles. The fourth-order valence-corrected chi connectivity index (χ4v) is 2.09. The zero-order valence-electron chi connectivity index (χ0n) is 10.9. The minimum atomic E-state index is 0.913. The van der Waals surface area contributed by atoms with Crippen LogP contribution in [0, 0.1) is 6.92 Å². The lowest BCUT2D eigenvalue weighted by Crippen LogP contribution is -2.46. The van der Waals surface area contributed by atoms with E-state index < -0.39 is 0 Å². The summed E-state index contributed by atoms with van der Waals surface area (Å²) >= 11 is 0. The number of hydrogen-bond donors (Lipinski definition) is 2. The number of rotatable bonds is 5. The van der Waals surface area contributed by atoms with E-state index in [0.29, 0.717) is 0 Å². The van der Waals surface area contributed by atoms with Crippen molar-refractivity contribution in [3.63, 3.8) is 0 Å². The number of piperazine rings is 1. The highest BCUT2D eigenvalue weighted by Gasteiger charge is 2.12. The van der Waals surface area contributed by atoms with Crippen LogP contribution in [0.2, 0.25) is 0 Å². The predicted octanol–water partition coefficient (Wildman–Crippen LogP) is 0.0551. The molecule has 17 heavy (non-hydrogen) atoms. The first-order valence-electron chi connectivity index (χ1n) is 6.36. The molecule has 2 rings (SSSR count). The number of likely N-dealkylation sites (N-methyl/N-ethyl adjacent to an activating group) is 1. The molecule has 0 amide bonds. The molecule has 1 fully saturated rings. The zero-order valence-corrected chi connectivity index (χ0v) is 10.9. The van der Waals surface area contributed by atoms with Crippen LogP contribution >= 0.6 is 0 Å². The number of aromatic nitrogens is 2. The maximum atomic E-state index is 4.02. The van der Waals surface area contributed by atoms with Crippen molar-refractivity contribution < 1.29 is 0 Å². The summed E-state index contributed by atoms with van der Waals surface area (Å²) in [6.45, 7) is 9.95. The molecule has 96 valence electrons. The van der Waals surface area contributed by atoms with Crippen LogP contribution in [0.4, 0.5) is 0 Å². The van der Waals surface area contributed by atoms with Gasteiger partial charge in [-0.05, 0) is 14.0 Å². The maximum Gasteiger partial charge on any atom is 0.0535 e. The van der Waals surface area contributed by atoms with Gasteiger partial charge in [0.15, 0.2) is 0 Å². The second-order valence-corrected chi connectivity index (χ2v) is 4.84. The molecule has 2 N–H and O–H groups in total.